The number of anilines is 3. The van der Waals surface area contributed by atoms with Crippen LogP contribution in [0.1, 0.15) is 5.56 Å². The number of halogens is 3. The lowest BCUT2D eigenvalue weighted by atomic mass is 10.1. The number of pyridine rings is 1. The molecule has 5 nitrogen and oxygen atoms in total. The molecule has 0 saturated carbocycles. The van der Waals surface area contributed by atoms with Crippen molar-refractivity contribution in [3.8, 4) is 0 Å². The maximum atomic E-state index is 13.5. The van der Waals surface area contributed by atoms with Gasteiger partial charge < -0.3 is 10.6 Å². The molecule has 3 aromatic carbocycles. The van der Waals surface area contributed by atoms with Crippen molar-refractivity contribution in [3.05, 3.63) is 88.3 Å². The molecule has 32 heavy (non-hydrogen) atoms. The van der Waals surface area contributed by atoms with Gasteiger partial charge in [0, 0.05) is 41.4 Å². The molecule has 1 heterocycles. The van der Waals surface area contributed by atoms with Gasteiger partial charge in [-0.2, -0.15) is 0 Å². The van der Waals surface area contributed by atoms with Gasteiger partial charge in [0.25, 0.3) is 0 Å². The summed E-state index contributed by atoms with van der Waals surface area (Å²) in [6.45, 7) is 0.405. The van der Waals surface area contributed by atoms with Gasteiger partial charge in [-0.25, -0.2) is 12.8 Å². The summed E-state index contributed by atoms with van der Waals surface area (Å²) in [5.41, 5.74) is 3.50. The minimum atomic E-state index is -3.28. The molecule has 0 aliphatic heterocycles. The van der Waals surface area contributed by atoms with Crippen LogP contribution in [-0.2, 0) is 16.4 Å². The summed E-state index contributed by atoms with van der Waals surface area (Å²) in [6, 6.07) is 16.6. The van der Waals surface area contributed by atoms with Gasteiger partial charge in [-0.3, -0.25) is 4.98 Å². The van der Waals surface area contributed by atoms with Crippen molar-refractivity contribution in [1.82, 2.24) is 4.98 Å². The normalized spacial score (nSPS) is 11.5. The minimum Gasteiger partial charge on any atom is -0.381 e. The molecule has 0 saturated heterocycles. The van der Waals surface area contributed by atoms with E-state index in [1.54, 1.807) is 42.6 Å². The molecule has 0 unspecified atom stereocenters. The molecule has 0 spiro atoms. The average molecular weight is 490 g/mol. The lowest BCUT2D eigenvalue weighted by Crippen LogP contribution is -2.03. The van der Waals surface area contributed by atoms with E-state index in [0.29, 0.717) is 22.8 Å². The summed E-state index contributed by atoms with van der Waals surface area (Å²) < 4.78 is 37.1. The Hall–Kier alpha value is -2.87. The molecule has 164 valence electrons. The Balaban J connectivity index is 1.64. The lowest BCUT2D eigenvalue weighted by Gasteiger charge is -2.14. The van der Waals surface area contributed by atoms with Crippen molar-refractivity contribution in [1.29, 1.82) is 0 Å². The number of rotatable bonds is 6. The Morgan fingerprint density at radius 1 is 0.969 bits per heavy atom. The highest BCUT2D eigenvalue weighted by Gasteiger charge is 2.11. The predicted molar refractivity (Wildman–Crippen MR) is 128 cm³/mol. The van der Waals surface area contributed by atoms with Crippen LogP contribution in [-0.4, -0.2) is 19.7 Å². The standard InChI is InChI=1S/C23H18Cl2FN3O2S/c1-32(30,31)17-4-2-3-14(9-17)13-28-16-10-18-22(7-8-27-23(18)20(25)12-16)29-15-5-6-21(26)19(24)11-15/h2-12,28H,13H2,1H3,(H,27,29). The van der Waals surface area contributed by atoms with Crippen LogP contribution < -0.4 is 10.6 Å². The smallest absolute Gasteiger partial charge is 0.175 e. The third-order valence-corrected chi connectivity index (χ3v) is 6.51. The first-order valence-electron chi connectivity index (χ1n) is 9.54. The van der Waals surface area contributed by atoms with E-state index in [-0.39, 0.29) is 9.92 Å². The number of nitrogens with zero attached hydrogens (tertiary/aromatic N) is 1. The second-order valence-corrected chi connectivity index (χ2v) is 10.1. The van der Waals surface area contributed by atoms with Gasteiger partial charge in [0.15, 0.2) is 9.84 Å². The SMILES string of the molecule is CS(=O)(=O)c1cccc(CNc2cc(Cl)c3nccc(Nc4ccc(F)c(Cl)c4)c3c2)c1. The molecule has 0 radical (unpaired) electrons. The van der Waals surface area contributed by atoms with Crippen LogP contribution in [0.4, 0.5) is 21.5 Å². The molecule has 2 N–H and O–H groups in total. The summed E-state index contributed by atoms with van der Waals surface area (Å²) in [4.78, 5) is 4.63. The molecule has 0 bridgehead atoms. The van der Waals surface area contributed by atoms with Gasteiger partial charge in [-0.15, -0.1) is 0 Å². The fourth-order valence-electron chi connectivity index (χ4n) is 3.24. The Bertz CT molecular complexity index is 1430. The number of sulfone groups is 1. The van der Waals surface area contributed by atoms with E-state index in [0.717, 1.165) is 22.3 Å². The van der Waals surface area contributed by atoms with Gasteiger partial charge in [-0.1, -0.05) is 35.3 Å². The molecule has 0 aliphatic carbocycles. The highest BCUT2D eigenvalue weighted by atomic mass is 35.5. The zero-order valence-electron chi connectivity index (χ0n) is 16.9. The third kappa shape index (κ3) is 4.96. The van der Waals surface area contributed by atoms with E-state index in [9.17, 15) is 12.8 Å². The van der Waals surface area contributed by atoms with Crippen LogP contribution in [0.5, 0.6) is 0 Å². The number of benzene rings is 3. The topological polar surface area (TPSA) is 71.1 Å². The quantitative estimate of drug-likeness (QED) is 0.326. The molecule has 4 aromatic rings. The lowest BCUT2D eigenvalue weighted by molar-refractivity contribution is 0.601. The van der Waals surface area contributed by atoms with Crippen molar-refractivity contribution in [2.24, 2.45) is 0 Å². The molecular weight excluding hydrogens is 472 g/mol. The van der Waals surface area contributed by atoms with Crippen molar-refractivity contribution in [3.63, 3.8) is 0 Å². The van der Waals surface area contributed by atoms with Crippen LogP contribution in [0.2, 0.25) is 10.0 Å². The molecular formula is C23H18Cl2FN3O2S. The average Bonchev–Trinajstić information content (AvgIpc) is 2.75. The molecule has 0 aliphatic rings. The summed E-state index contributed by atoms with van der Waals surface area (Å²) in [7, 11) is -3.28. The van der Waals surface area contributed by atoms with Crippen molar-refractivity contribution in [2.75, 3.05) is 16.9 Å². The van der Waals surface area contributed by atoms with Crippen LogP contribution in [0, 0.1) is 5.82 Å². The Morgan fingerprint density at radius 3 is 2.50 bits per heavy atom. The summed E-state index contributed by atoms with van der Waals surface area (Å²) in [5.74, 6) is -0.494. The third-order valence-electron chi connectivity index (χ3n) is 4.82. The van der Waals surface area contributed by atoms with Gasteiger partial charge in [0.05, 0.1) is 20.5 Å². The largest absolute Gasteiger partial charge is 0.381 e. The highest BCUT2D eigenvalue weighted by molar-refractivity contribution is 7.90. The number of hydrogen-bond acceptors (Lipinski definition) is 5. The molecule has 1 aromatic heterocycles. The van der Waals surface area contributed by atoms with Crippen LogP contribution in [0.3, 0.4) is 0 Å². The molecule has 0 atom stereocenters. The maximum Gasteiger partial charge on any atom is 0.175 e. The van der Waals surface area contributed by atoms with Crippen molar-refractivity contribution in [2.45, 2.75) is 11.4 Å². The van der Waals surface area contributed by atoms with E-state index in [4.69, 9.17) is 23.2 Å². The van der Waals surface area contributed by atoms with Crippen LogP contribution in [0.25, 0.3) is 10.9 Å². The number of nitrogens with one attached hydrogen (secondary N) is 2. The Kier molecular flexibility index (Phi) is 6.24. The molecule has 0 fully saturated rings. The zero-order valence-corrected chi connectivity index (χ0v) is 19.2. The predicted octanol–water partition coefficient (Wildman–Crippen LogP) is 6.44. The van der Waals surface area contributed by atoms with E-state index in [1.165, 1.54) is 18.4 Å². The van der Waals surface area contributed by atoms with Crippen molar-refractivity contribution < 1.29 is 12.8 Å². The second-order valence-electron chi connectivity index (χ2n) is 7.24. The monoisotopic (exact) mass is 489 g/mol. The maximum absolute atomic E-state index is 13.5. The van der Waals surface area contributed by atoms with E-state index in [1.807, 2.05) is 12.1 Å². The highest BCUT2D eigenvalue weighted by Crippen LogP contribution is 2.33. The van der Waals surface area contributed by atoms with Crippen molar-refractivity contribution >= 4 is 61.0 Å². The number of aromatic nitrogens is 1. The van der Waals surface area contributed by atoms with Gasteiger partial charge >= 0.3 is 0 Å². The van der Waals surface area contributed by atoms with Gasteiger partial charge in [-0.05, 0) is 54.1 Å². The summed E-state index contributed by atoms with van der Waals surface area (Å²) in [6.07, 6.45) is 2.81. The first-order chi connectivity index (χ1) is 15.2. The fourth-order valence-corrected chi connectivity index (χ4v) is 4.38. The van der Waals surface area contributed by atoms with E-state index in [2.05, 4.69) is 15.6 Å². The van der Waals surface area contributed by atoms with Crippen LogP contribution in [0.15, 0.2) is 71.8 Å². The van der Waals surface area contributed by atoms with Crippen LogP contribution >= 0.6 is 23.2 Å². The Labute approximate surface area is 195 Å². The summed E-state index contributed by atoms with van der Waals surface area (Å²) in [5, 5.41) is 7.73. The fraction of sp³-hybridized carbons (Fsp3) is 0.0870. The van der Waals surface area contributed by atoms with Gasteiger partial charge in [0.2, 0.25) is 0 Å². The first kappa shape index (κ1) is 22.3. The molecule has 4 rings (SSSR count). The van der Waals surface area contributed by atoms with E-state index >= 15 is 0 Å². The zero-order chi connectivity index (χ0) is 22.9. The number of fused-ring (bicyclic) bond motifs is 1. The molecule has 0 amide bonds. The van der Waals surface area contributed by atoms with Gasteiger partial charge in [0.1, 0.15) is 5.82 Å². The number of hydrogen-bond donors (Lipinski definition) is 2. The minimum absolute atomic E-state index is 0.0186. The molecule has 9 heteroatoms. The summed E-state index contributed by atoms with van der Waals surface area (Å²) >= 11 is 12.4. The Morgan fingerprint density at radius 2 is 1.75 bits per heavy atom. The second kappa shape index (κ2) is 8.94. The first-order valence-corrected chi connectivity index (χ1v) is 12.2. The van der Waals surface area contributed by atoms with E-state index < -0.39 is 15.7 Å².